The van der Waals surface area contributed by atoms with Crippen molar-refractivity contribution < 1.29 is 24.2 Å². The van der Waals surface area contributed by atoms with Crippen LogP contribution in [0.5, 0.6) is 0 Å². The Labute approximate surface area is 181 Å². The molecule has 1 saturated heterocycles. The highest BCUT2D eigenvalue weighted by atomic mass is 16.5. The maximum Gasteiger partial charge on any atom is 0.407 e. The van der Waals surface area contributed by atoms with E-state index < -0.39 is 24.0 Å². The number of benzene rings is 2. The summed E-state index contributed by atoms with van der Waals surface area (Å²) >= 11 is 0. The number of fused-ring (bicyclic) bond motifs is 3. The Morgan fingerprint density at radius 1 is 1.10 bits per heavy atom. The number of carboxylic acids is 1. The van der Waals surface area contributed by atoms with Gasteiger partial charge in [0.2, 0.25) is 5.91 Å². The van der Waals surface area contributed by atoms with Gasteiger partial charge in [-0.05, 0) is 42.0 Å². The SMILES string of the molecule is C[C@H](NC(=O)OCC1c2ccccc2-c2ccccc21)C(=O)N1CCCC(C(=O)O)C1. The molecule has 31 heavy (non-hydrogen) atoms. The molecular weight excluding hydrogens is 396 g/mol. The fraction of sp³-hybridized carbons (Fsp3) is 0.375. The second-order valence-electron chi connectivity index (χ2n) is 8.15. The summed E-state index contributed by atoms with van der Waals surface area (Å²) in [5.41, 5.74) is 4.53. The fourth-order valence-corrected chi connectivity index (χ4v) is 4.53. The van der Waals surface area contributed by atoms with Crippen molar-refractivity contribution in [3.8, 4) is 11.1 Å². The summed E-state index contributed by atoms with van der Waals surface area (Å²) in [6.07, 6.45) is 0.544. The van der Waals surface area contributed by atoms with Crippen molar-refractivity contribution in [2.24, 2.45) is 5.92 Å². The summed E-state index contributed by atoms with van der Waals surface area (Å²) in [4.78, 5) is 37.8. The van der Waals surface area contributed by atoms with E-state index in [2.05, 4.69) is 17.4 Å². The molecule has 1 aliphatic carbocycles. The molecule has 2 aromatic carbocycles. The molecule has 2 N–H and O–H groups in total. The molecule has 2 amide bonds. The zero-order valence-corrected chi connectivity index (χ0v) is 17.4. The molecular formula is C24H26N2O5. The smallest absolute Gasteiger partial charge is 0.407 e. The average molecular weight is 422 g/mol. The Bertz CT molecular complexity index is 959. The Hall–Kier alpha value is -3.35. The monoisotopic (exact) mass is 422 g/mol. The molecule has 7 nitrogen and oxygen atoms in total. The number of ether oxygens (including phenoxy) is 1. The molecule has 2 atom stereocenters. The number of piperidine rings is 1. The molecule has 1 unspecified atom stereocenters. The minimum atomic E-state index is -0.894. The van der Waals surface area contributed by atoms with Gasteiger partial charge in [-0.3, -0.25) is 9.59 Å². The number of carboxylic acid groups (broad SMARTS) is 1. The van der Waals surface area contributed by atoms with Crippen LogP contribution < -0.4 is 5.32 Å². The predicted octanol–water partition coefficient (Wildman–Crippen LogP) is 3.24. The molecule has 1 heterocycles. The van der Waals surface area contributed by atoms with E-state index in [1.165, 1.54) is 4.90 Å². The van der Waals surface area contributed by atoms with Crippen LogP contribution in [0.25, 0.3) is 11.1 Å². The molecule has 2 aliphatic rings. The van der Waals surface area contributed by atoms with Gasteiger partial charge in [-0.2, -0.15) is 0 Å². The van der Waals surface area contributed by atoms with Crippen LogP contribution in [0.1, 0.15) is 36.8 Å². The quantitative estimate of drug-likeness (QED) is 0.771. The lowest BCUT2D eigenvalue weighted by molar-refractivity contribution is -0.146. The van der Waals surface area contributed by atoms with E-state index in [9.17, 15) is 19.5 Å². The largest absolute Gasteiger partial charge is 0.481 e. The van der Waals surface area contributed by atoms with Crippen molar-refractivity contribution in [3.05, 3.63) is 59.7 Å². The maximum absolute atomic E-state index is 12.7. The van der Waals surface area contributed by atoms with Crippen LogP contribution in [0.2, 0.25) is 0 Å². The van der Waals surface area contributed by atoms with Crippen LogP contribution in [-0.4, -0.2) is 53.7 Å². The summed E-state index contributed by atoms with van der Waals surface area (Å²) in [5.74, 6) is -1.80. The normalized spacial score (nSPS) is 18.6. The van der Waals surface area contributed by atoms with Gasteiger partial charge in [0.1, 0.15) is 12.6 Å². The van der Waals surface area contributed by atoms with Crippen molar-refractivity contribution in [2.75, 3.05) is 19.7 Å². The first-order valence-electron chi connectivity index (χ1n) is 10.6. The predicted molar refractivity (Wildman–Crippen MR) is 115 cm³/mol. The lowest BCUT2D eigenvalue weighted by Gasteiger charge is -2.32. The second-order valence-corrected chi connectivity index (χ2v) is 8.15. The molecule has 1 aliphatic heterocycles. The molecule has 2 aromatic rings. The highest BCUT2D eigenvalue weighted by molar-refractivity contribution is 5.86. The van der Waals surface area contributed by atoms with Crippen molar-refractivity contribution in [3.63, 3.8) is 0 Å². The first-order chi connectivity index (χ1) is 15.0. The molecule has 0 bridgehead atoms. The molecule has 162 valence electrons. The number of carbonyl (C=O) groups is 3. The molecule has 0 spiro atoms. The third-order valence-corrected chi connectivity index (χ3v) is 6.13. The highest BCUT2D eigenvalue weighted by Gasteiger charge is 2.32. The second kappa shape index (κ2) is 8.79. The van der Waals surface area contributed by atoms with Gasteiger partial charge in [-0.15, -0.1) is 0 Å². The van der Waals surface area contributed by atoms with Gasteiger partial charge in [-0.1, -0.05) is 48.5 Å². The first kappa shape index (κ1) is 20.9. The third-order valence-electron chi connectivity index (χ3n) is 6.13. The van der Waals surface area contributed by atoms with Crippen molar-refractivity contribution in [2.45, 2.75) is 31.7 Å². The minimum Gasteiger partial charge on any atom is -0.481 e. The van der Waals surface area contributed by atoms with Gasteiger partial charge in [-0.25, -0.2) is 4.79 Å². The van der Waals surface area contributed by atoms with Crippen LogP contribution in [0.15, 0.2) is 48.5 Å². The number of nitrogens with zero attached hydrogens (tertiary/aromatic N) is 1. The van der Waals surface area contributed by atoms with Crippen LogP contribution in [0.4, 0.5) is 4.79 Å². The number of amides is 2. The Morgan fingerprint density at radius 3 is 2.32 bits per heavy atom. The van der Waals surface area contributed by atoms with E-state index in [0.717, 1.165) is 22.3 Å². The average Bonchev–Trinajstić information content (AvgIpc) is 3.11. The summed E-state index contributed by atoms with van der Waals surface area (Å²) < 4.78 is 5.49. The lowest BCUT2D eigenvalue weighted by Crippen LogP contribution is -2.51. The van der Waals surface area contributed by atoms with E-state index in [4.69, 9.17) is 4.74 Å². The van der Waals surface area contributed by atoms with Crippen molar-refractivity contribution >= 4 is 18.0 Å². The van der Waals surface area contributed by atoms with E-state index >= 15 is 0 Å². The van der Waals surface area contributed by atoms with E-state index in [0.29, 0.717) is 19.4 Å². The third kappa shape index (κ3) is 4.26. The van der Waals surface area contributed by atoms with Crippen LogP contribution in [-0.2, 0) is 14.3 Å². The van der Waals surface area contributed by atoms with E-state index in [1.54, 1.807) is 6.92 Å². The van der Waals surface area contributed by atoms with Gasteiger partial charge < -0.3 is 20.1 Å². The minimum absolute atomic E-state index is 0.0532. The summed E-state index contributed by atoms with van der Waals surface area (Å²) in [6, 6.07) is 15.4. The summed E-state index contributed by atoms with van der Waals surface area (Å²) in [6.45, 7) is 2.43. The van der Waals surface area contributed by atoms with Crippen molar-refractivity contribution in [1.82, 2.24) is 10.2 Å². The van der Waals surface area contributed by atoms with Crippen LogP contribution >= 0.6 is 0 Å². The number of rotatable bonds is 5. The van der Waals surface area contributed by atoms with Crippen molar-refractivity contribution in [1.29, 1.82) is 0 Å². The molecule has 1 fully saturated rings. The van der Waals surface area contributed by atoms with Crippen LogP contribution in [0.3, 0.4) is 0 Å². The first-order valence-corrected chi connectivity index (χ1v) is 10.6. The maximum atomic E-state index is 12.7. The number of aliphatic carboxylic acids is 1. The topological polar surface area (TPSA) is 95.9 Å². The Morgan fingerprint density at radius 2 is 1.71 bits per heavy atom. The Balaban J connectivity index is 1.35. The summed E-state index contributed by atoms with van der Waals surface area (Å²) in [5, 5.41) is 11.8. The zero-order chi connectivity index (χ0) is 22.0. The van der Waals surface area contributed by atoms with Crippen LogP contribution in [0, 0.1) is 5.92 Å². The molecule has 0 aromatic heterocycles. The number of hydrogen-bond donors (Lipinski definition) is 2. The summed E-state index contributed by atoms with van der Waals surface area (Å²) in [7, 11) is 0. The molecule has 4 rings (SSSR count). The number of carbonyl (C=O) groups excluding carboxylic acids is 2. The van der Waals surface area contributed by atoms with Gasteiger partial charge in [0, 0.05) is 19.0 Å². The fourth-order valence-electron chi connectivity index (χ4n) is 4.53. The zero-order valence-electron chi connectivity index (χ0n) is 17.4. The number of nitrogens with one attached hydrogen (secondary N) is 1. The lowest BCUT2D eigenvalue weighted by atomic mass is 9.98. The molecule has 7 heteroatoms. The molecule has 0 radical (unpaired) electrons. The van der Waals surface area contributed by atoms with Gasteiger partial charge >= 0.3 is 12.1 Å². The van der Waals surface area contributed by atoms with E-state index in [-0.39, 0.29) is 25.0 Å². The van der Waals surface area contributed by atoms with Gasteiger partial charge in [0.05, 0.1) is 5.92 Å². The standard InChI is InChI=1S/C24H26N2O5/c1-15(22(27)26-12-6-7-16(13-26)23(28)29)25-24(30)31-14-21-19-10-4-2-8-17(19)18-9-3-5-11-20(18)21/h2-5,8-11,15-16,21H,6-7,12-14H2,1H3,(H,25,30)(H,28,29)/t15-,16?/m0/s1. The number of alkyl carbamates (subject to hydrolysis) is 1. The molecule has 0 saturated carbocycles. The highest BCUT2D eigenvalue weighted by Crippen LogP contribution is 2.44. The number of likely N-dealkylation sites (tertiary alicyclic amines) is 1. The van der Waals surface area contributed by atoms with Gasteiger partial charge in [0.15, 0.2) is 0 Å². The number of hydrogen-bond acceptors (Lipinski definition) is 4. The Kier molecular flexibility index (Phi) is 5.93. The van der Waals surface area contributed by atoms with E-state index in [1.807, 2.05) is 36.4 Å². The van der Waals surface area contributed by atoms with Gasteiger partial charge in [0.25, 0.3) is 0 Å².